The van der Waals surface area contributed by atoms with Crippen LogP contribution in [0.25, 0.3) is 0 Å². The van der Waals surface area contributed by atoms with Gasteiger partial charge in [-0.1, -0.05) is 56.2 Å². The largest absolute Gasteiger partial charge is 0.356 e. The second-order valence-electron chi connectivity index (χ2n) is 20.4. The van der Waals surface area contributed by atoms with Gasteiger partial charge in [0.05, 0.1) is 71.5 Å². The van der Waals surface area contributed by atoms with Crippen LogP contribution in [-0.4, -0.2) is 291 Å². The van der Waals surface area contributed by atoms with Crippen LogP contribution in [0.5, 0.6) is 0 Å². The van der Waals surface area contributed by atoms with Gasteiger partial charge in [-0.3, -0.25) is 67.1 Å². The lowest BCUT2D eigenvalue weighted by Gasteiger charge is -2.27. The van der Waals surface area contributed by atoms with E-state index in [4.69, 9.17) is 0 Å². The minimum absolute atomic E-state index is 0.0416. The van der Waals surface area contributed by atoms with Crippen LogP contribution in [0, 0.1) is 11.8 Å². The zero-order valence-electron chi connectivity index (χ0n) is 49.3. The monoisotopic (exact) mass is 1160 g/mol. The van der Waals surface area contributed by atoms with Crippen molar-refractivity contribution in [2.75, 3.05) is 148 Å². The van der Waals surface area contributed by atoms with E-state index in [0.717, 1.165) is 56.3 Å². The number of carbonyl (C=O) groups is 14. The number of amides is 12. The summed E-state index contributed by atoms with van der Waals surface area (Å²) in [6.07, 6.45) is 2.27. The zero-order chi connectivity index (χ0) is 61.0. The Kier molecular flexibility index (Phi) is 33.8. The number of hydrogen-bond acceptors (Lipinski definition) is 16. The van der Waals surface area contributed by atoms with E-state index < -0.39 is 123 Å². The maximum Gasteiger partial charge on any atom is 0.242 e. The molecule has 26 nitrogen and oxygen atoms in total. The summed E-state index contributed by atoms with van der Waals surface area (Å²) in [5, 5.41) is 5.48. The van der Waals surface area contributed by atoms with E-state index >= 15 is 0 Å². The number of likely N-dealkylation sites (N-methyl/N-ethyl adjacent to an activating group) is 10. The van der Waals surface area contributed by atoms with Crippen molar-refractivity contribution in [3.8, 4) is 0 Å². The topological polar surface area (TPSA) is 295 Å². The molecule has 0 rings (SSSR count). The van der Waals surface area contributed by atoms with Crippen molar-refractivity contribution in [2.24, 2.45) is 11.8 Å². The molecule has 0 fully saturated rings. The Morgan fingerprint density at radius 3 is 0.975 bits per heavy atom. The molecule has 0 saturated heterocycles. The molecule has 0 aromatic rings. The first-order valence-electron chi connectivity index (χ1n) is 25.9. The third-order valence-electron chi connectivity index (χ3n) is 12.3. The van der Waals surface area contributed by atoms with Crippen LogP contribution in [0.1, 0.15) is 73.6 Å². The number of rotatable bonds is 36. The smallest absolute Gasteiger partial charge is 0.242 e. The van der Waals surface area contributed by atoms with Gasteiger partial charge in [0, 0.05) is 119 Å². The van der Waals surface area contributed by atoms with Gasteiger partial charge in [0.1, 0.15) is 5.78 Å². The average Bonchev–Trinajstić information content (AvgIpc) is 3.36. The standard InChI is InChI=1S/C51H88N12O14S2/c1-34(2)38(64)18-17-23-78-79-36(5)19-20-39(65)52-22-21-41(67)55(8)25-43(69)57(10)27-45(71)59(12)29-47(73)61(14)31-49(75)63(16)33-50(76)62(15)32-48(74)60(13)30-46(72)58(11)28-44(70)56(9)26-42(68)54(7)24-40(66)53-37(6)51(77)35(3)4/h34-37H,17-33H2,1-16H3,(H,52,65)(H,53,66)/t36?,37-/m0/s1. The van der Waals surface area contributed by atoms with E-state index in [2.05, 4.69) is 10.6 Å². The quantitative estimate of drug-likeness (QED) is 0.0526. The second kappa shape index (κ2) is 36.8. The number of hydrogen-bond donors (Lipinski definition) is 2. The molecule has 28 heteroatoms. The first-order chi connectivity index (χ1) is 36.6. The number of nitrogens with one attached hydrogen (secondary N) is 2. The van der Waals surface area contributed by atoms with Crippen LogP contribution in [0.4, 0.5) is 0 Å². The third-order valence-corrected chi connectivity index (χ3v) is 15.4. The highest BCUT2D eigenvalue weighted by molar-refractivity contribution is 8.76. The molecule has 0 saturated carbocycles. The molecule has 0 aromatic heterocycles. The lowest BCUT2D eigenvalue weighted by Crippen LogP contribution is -2.49. The number of nitrogens with zero attached hydrogens (tertiary/aromatic N) is 10. The molecule has 0 radical (unpaired) electrons. The summed E-state index contributed by atoms with van der Waals surface area (Å²) in [4.78, 5) is 188. The molecule has 0 spiro atoms. The Morgan fingerprint density at radius 1 is 0.367 bits per heavy atom. The number of carbonyl (C=O) groups excluding carboxylic acids is 14. The Hall–Kier alpha value is -6.32. The normalized spacial score (nSPS) is 11.6. The van der Waals surface area contributed by atoms with E-state index in [0.29, 0.717) is 12.8 Å². The molecule has 0 bridgehead atoms. The van der Waals surface area contributed by atoms with Gasteiger partial charge in [-0.2, -0.15) is 0 Å². The molecule has 2 N–H and O–H groups in total. The summed E-state index contributed by atoms with van der Waals surface area (Å²) in [7, 11) is 16.8. The fourth-order valence-electron chi connectivity index (χ4n) is 6.60. The van der Waals surface area contributed by atoms with Crippen LogP contribution in [0.15, 0.2) is 0 Å². The molecular weight excluding hydrogens is 1070 g/mol. The Morgan fingerprint density at radius 2 is 0.671 bits per heavy atom. The van der Waals surface area contributed by atoms with Crippen molar-refractivity contribution in [3.05, 3.63) is 0 Å². The summed E-state index contributed by atoms with van der Waals surface area (Å²) in [6, 6.07) is -0.739. The van der Waals surface area contributed by atoms with Crippen molar-refractivity contribution >= 4 is 104 Å². The summed E-state index contributed by atoms with van der Waals surface area (Å²) < 4.78 is 0. The fourth-order valence-corrected chi connectivity index (χ4v) is 9.03. The second-order valence-corrected chi connectivity index (χ2v) is 23.4. The summed E-state index contributed by atoms with van der Waals surface area (Å²) in [5.74, 6) is -5.96. The SMILES string of the molecule is CC(CCC(=O)NCCC(=O)N(C)CC(=O)N(C)CC(=O)N(C)CC(=O)N(C)CC(=O)N(C)CC(=O)N(C)CC(=O)N(C)CC(=O)N(C)CC(=O)N(C)CC(=O)N(C)CC(=O)N[C@@H](C)C(=O)C(C)C)SSCCCC(=O)C(C)C. The van der Waals surface area contributed by atoms with Crippen molar-refractivity contribution in [1.29, 1.82) is 0 Å². The van der Waals surface area contributed by atoms with E-state index in [1.54, 1.807) is 42.4 Å². The van der Waals surface area contributed by atoms with Gasteiger partial charge in [0.15, 0.2) is 5.78 Å². The molecule has 1 unspecified atom stereocenters. The third kappa shape index (κ3) is 29.5. The van der Waals surface area contributed by atoms with Crippen molar-refractivity contribution in [3.63, 3.8) is 0 Å². The minimum atomic E-state index is -0.739. The lowest BCUT2D eigenvalue weighted by atomic mass is 10.0. The molecule has 12 amide bonds. The molecule has 0 aromatic carbocycles. The maximum absolute atomic E-state index is 13.0. The van der Waals surface area contributed by atoms with E-state index in [9.17, 15) is 67.1 Å². The van der Waals surface area contributed by atoms with Crippen LogP contribution < -0.4 is 10.6 Å². The summed E-state index contributed by atoms with van der Waals surface area (Å²) in [5.41, 5.74) is 0. The molecule has 0 aliphatic heterocycles. The van der Waals surface area contributed by atoms with Crippen LogP contribution in [-0.2, 0) is 67.1 Å². The Balaban J connectivity index is 4.79. The van der Waals surface area contributed by atoms with Gasteiger partial charge >= 0.3 is 0 Å². The van der Waals surface area contributed by atoms with Gasteiger partial charge in [-0.15, -0.1) is 0 Å². The van der Waals surface area contributed by atoms with Gasteiger partial charge < -0.3 is 59.6 Å². The maximum atomic E-state index is 13.0. The van der Waals surface area contributed by atoms with Crippen LogP contribution >= 0.6 is 21.6 Å². The fraction of sp³-hybridized carbons (Fsp3) is 0.725. The predicted molar refractivity (Wildman–Crippen MR) is 299 cm³/mol. The first-order valence-corrected chi connectivity index (χ1v) is 28.3. The highest BCUT2D eigenvalue weighted by Crippen LogP contribution is 2.30. The van der Waals surface area contributed by atoms with E-state index in [-0.39, 0.29) is 67.0 Å². The van der Waals surface area contributed by atoms with Gasteiger partial charge in [-0.05, 0) is 19.8 Å². The van der Waals surface area contributed by atoms with Crippen LogP contribution in [0.2, 0.25) is 0 Å². The summed E-state index contributed by atoms with van der Waals surface area (Å²) >= 11 is 0. The minimum Gasteiger partial charge on any atom is -0.356 e. The Bertz CT molecular complexity index is 2170. The number of ketones is 2. The predicted octanol–water partition coefficient (Wildman–Crippen LogP) is -1.64. The molecule has 0 aliphatic rings. The number of Topliss-reactive ketones (excluding diaryl/α,β-unsaturated/α-hetero) is 2. The van der Waals surface area contributed by atoms with Gasteiger partial charge in [-0.25, -0.2) is 0 Å². The molecule has 0 aliphatic carbocycles. The lowest BCUT2D eigenvalue weighted by molar-refractivity contribution is -0.146. The van der Waals surface area contributed by atoms with Gasteiger partial charge in [0.2, 0.25) is 70.9 Å². The van der Waals surface area contributed by atoms with Crippen molar-refractivity contribution in [2.45, 2.75) is 84.9 Å². The molecule has 79 heavy (non-hydrogen) atoms. The first kappa shape index (κ1) is 72.7. The highest BCUT2D eigenvalue weighted by Gasteiger charge is 2.27. The zero-order valence-corrected chi connectivity index (χ0v) is 51.0. The van der Waals surface area contributed by atoms with Gasteiger partial charge in [0.25, 0.3) is 0 Å². The van der Waals surface area contributed by atoms with Crippen LogP contribution in [0.3, 0.4) is 0 Å². The molecule has 0 heterocycles. The van der Waals surface area contributed by atoms with E-state index in [1.165, 1.54) is 75.4 Å². The van der Waals surface area contributed by atoms with Crippen molar-refractivity contribution < 1.29 is 67.1 Å². The molecule has 448 valence electrons. The van der Waals surface area contributed by atoms with Crippen molar-refractivity contribution in [1.82, 2.24) is 59.6 Å². The Labute approximate surface area is 474 Å². The van der Waals surface area contributed by atoms with E-state index in [1.807, 2.05) is 20.8 Å². The summed E-state index contributed by atoms with van der Waals surface area (Å²) in [6.45, 7) is 6.55. The highest BCUT2D eigenvalue weighted by atomic mass is 33.1. The molecule has 2 atom stereocenters. The molecular formula is C51H88N12O14S2. The average molecular weight is 1160 g/mol.